The molecule has 0 bridgehead atoms. The van der Waals surface area contributed by atoms with Crippen LogP contribution in [-0.2, 0) is 28.8 Å². The Morgan fingerprint density at radius 3 is 2.52 bits per heavy atom. The van der Waals surface area contributed by atoms with Gasteiger partial charge in [-0.05, 0) is 34.6 Å². The van der Waals surface area contributed by atoms with E-state index in [4.69, 9.17) is 0 Å². The van der Waals surface area contributed by atoms with E-state index in [0.717, 1.165) is 12.1 Å². The molecule has 0 unspecified atom stereocenters. The molecule has 0 saturated carbocycles. The zero-order chi connectivity index (χ0) is 16.9. The van der Waals surface area contributed by atoms with Crippen LogP contribution < -0.4 is 4.72 Å². The zero-order valence-corrected chi connectivity index (χ0v) is 13.2. The molecule has 120 valence electrons. The van der Waals surface area contributed by atoms with Crippen LogP contribution in [0.15, 0.2) is 52.3 Å². The van der Waals surface area contributed by atoms with Crippen molar-refractivity contribution >= 4 is 29.9 Å². The highest BCUT2D eigenvalue weighted by molar-refractivity contribution is 7.99. The average molecular weight is 358 g/mol. The molecule has 0 fully saturated rings. The molecule has 0 radical (unpaired) electrons. The number of alkyl halides is 3. The highest BCUT2D eigenvalue weighted by Crippen LogP contribution is 2.36. The van der Waals surface area contributed by atoms with E-state index < -0.39 is 11.7 Å². The van der Waals surface area contributed by atoms with Crippen molar-refractivity contribution in [2.75, 3.05) is 0 Å². The fourth-order valence-electron chi connectivity index (χ4n) is 1.89. The van der Waals surface area contributed by atoms with Crippen LogP contribution in [-0.4, -0.2) is 6.29 Å². The van der Waals surface area contributed by atoms with Crippen LogP contribution in [0, 0.1) is 0 Å². The summed E-state index contributed by atoms with van der Waals surface area (Å²) in [6, 6.07) is 10.1. The number of halogens is 3. The summed E-state index contributed by atoms with van der Waals surface area (Å²) in [6.45, 7) is -0.0102. The maximum absolute atomic E-state index is 12.8. The number of hydrogen-bond donors (Lipinski definition) is 1. The van der Waals surface area contributed by atoms with Gasteiger partial charge in [0, 0.05) is 15.4 Å². The molecule has 1 N–H and O–H groups in total. The monoisotopic (exact) mass is 358 g/mol. The Morgan fingerprint density at radius 1 is 1.13 bits per heavy atom. The Bertz CT molecular complexity index is 720. The van der Waals surface area contributed by atoms with E-state index >= 15 is 0 Å². The fraction of sp³-hybridized carbons (Fsp3) is 0.133. The van der Waals surface area contributed by atoms with Crippen molar-refractivity contribution < 1.29 is 22.2 Å². The summed E-state index contributed by atoms with van der Waals surface area (Å²) in [4.78, 5) is 12.2. The Labute approximate surface area is 138 Å². The van der Waals surface area contributed by atoms with E-state index in [2.05, 4.69) is 4.72 Å². The molecule has 23 heavy (non-hydrogen) atoms. The van der Waals surface area contributed by atoms with E-state index in [0.29, 0.717) is 27.2 Å². The smallest absolute Gasteiger partial charge is 0.298 e. The van der Waals surface area contributed by atoms with Gasteiger partial charge in [0.05, 0.1) is 16.3 Å². The Balaban J connectivity index is 2.40. The Morgan fingerprint density at radius 2 is 1.87 bits per heavy atom. The third-order valence-electron chi connectivity index (χ3n) is 2.98. The molecule has 2 aromatic rings. The lowest BCUT2D eigenvalue weighted by Crippen LogP contribution is -2.10. The highest BCUT2D eigenvalue weighted by atomic mass is 32.2. The molecule has 0 atom stereocenters. The standard InChI is InChI=1S/C15H11F3NO2S2/c16-15(17,18)12-5-6-14(11(7-12)8-19-23-21)22-13-4-2-1-3-10(13)9-20/h1-7,9H,8H2,(H,19,21)/q+1. The number of hydrogen-bond acceptors (Lipinski definition) is 3. The Kier molecular flexibility index (Phi) is 5.86. The zero-order valence-electron chi connectivity index (χ0n) is 11.6. The summed E-state index contributed by atoms with van der Waals surface area (Å²) in [5.74, 6) is 0. The van der Waals surface area contributed by atoms with E-state index in [-0.39, 0.29) is 18.4 Å². The summed E-state index contributed by atoms with van der Waals surface area (Å²) < 4.78 is 51.4. The fourth-order valence-corrected chi connectivity index (χ4v) is 3.12. The van der Waals surface area contributed by atoms with Gasteiger partial charge in [-0.1, -0.05) is 30.0 Å². The summed E-state index contributed by atoms with van der Waals surface area (Å²) in [6.07, 6.45) is -3.76. The molecule has 3 nitrogen and oxygen atoms in total. The lowest BCUT2D eigenvalue weighted by Gasteiger charge is -2.12. The second kappa shape index (κ2) is 7.67. The van der Waals surface area contributed by atoms with Gasteiger partial charge in [0.1, 0.15) is 0 Å². The van der Waals surface area contributed by atoms with E-state index in [1.165, 1.54) is 17.8 Å². The topological polar surface area (TPSA) is 46.2 Å². The lowest BCUT2D eigenvalue weighted by atomic mass is 10.1. The van der Waals surface area contributed by atoms with Gasteiger partial charge in [-0.15, -0.1) is 0 Å². The van der Waals surface area contributed by atoms with E-state index in [1.807, 2.05) is 0 Å². The van der Waals surface area contributed by atoms with Gasteiger partial charge in [-0.3, -0.25) is 4.79 Å². The van der Waals surface area contributed by atoms with Crippen LogP contribution in [0.5, 0.6) is 0 Å². The van der Waals surface area contributed by atoms with Crippen molar-refractivity contribution in [3.8, 4) is 0 Å². The first-order valence-electron chi connectivity index (χ1n) is 6.39. The number of carbonyl (C=O) groups excluding carboxylic acids is 1. The summed E-state index contributed by atoms with van der Waals surface area (Å²) in [5, 5.41) is 0. The van der Waals surface area contributed by atoms with Gasteiger partial charge in [0.25, 0.3) is 0 Å². The van der Waals surface area contributed by atoms with Crippen molar-refractivity contribution in [1.82, 2.24) is 4.72 Å². The minimum Gasteiger partial charge on any atom is -0.298 e. The number of carbonyl (C=O) groups is 1. The highest BCUT2D eigenvalue weighted by Gasteiger charge is 2.31. The summed E-state index contributed by atoms with van der Waals surface area (Å²) in [7, 11) is 0. The molecule has 0 aliphatic heterocycles. The normalized spacial score (nSPS) is 11.3. The van der Waals surface area contributed by atoms with Crippen molar-refractivity contribution in [2.45, 2.75) is 22.5 Å². The molecule has 0 aliphatic carbocycles. The minimum absolute atomic E-state index is 0.0102. The molecule has 0 spiro atoms. The van der Waals surface area contributed by atoms with Gasteiger partial charge in [0.2, 0.25) is 0 Å². The minimum atomic E-state index is -4.46. The first-order valence-corrected chi connectivity index (χ1v) is 7.95. The molecule has 0 heterocycles. The van der Waals surface area contributed by atoms with Crippen molar-refractivity contribution in [1.29, 1.82) is 0 Å². The first-order chi connectivity index (χ1) is 11.0. The van der Waals surface area contributed by atoms with Gasteiger partial charge in [-0.25, -0.2) is 0 Å². The number of nitrogens with one attached hydrogen (secondary N) is 1. The van der Waals surface area contributed by atoms with Crippen molar-refractivity contribution in [3.63, 3.8) is 0 Å². The first kappa shape index (κ1) is 17.6. The van der Waals surface area contributed by atoms with Crippen LogP contribution in [0.2, 0.25) is 0 Å². The molecule has 0 saturated heterocycles. The predicted molar refractivity (Wildman–Crippen MR) is 82.3 cm³/mol. The van der Waals surface area contributed by atoms with Gasteiger partial charge in [0.15, 0.2) is 6.29 Å². The van der Waals surface area contributed by atoms with Gasteiger partial charge < -0.3 is 0 Å². The van der Waals surface area contributed by atoms with Crippen molar-refractivity contribution in [2.24, 2.45) is 0 Å². The number of aldehydes is 1. The SMILES string of the molecule is O=Cc1ccccc1Sc1ccc(C(F)(F)F)cc1CN[S+]=O. The van der Waals surface area contributed by atoms with Crippen LogP contribution in [0.25, 0.3) is 0 Å². The van der Waals surface area contributed by atoms with Gasteiger partial charge in [-0.2, -0.15) is 13.2 Å². The quantitative estimate of drug-likeness (QED) is 0.480. The van der Waals surface area contributed by atoms with Crippen molar-refractivity contribution in [3.05, 3.63) is 59.2 Å². The maximum Gasteiger partial charge on any atom is 0.587 e. The van der Waals surface area contributed by atoms with Crippen LogP contribution in [0.1, 0.15) is 21.5 Å². The molecule has 2 aromatic carbocycles. The third-order valence-corrected chi connectivity index (χ3v) is 4.45. The predicted octanol–water partition coefficient (Wildman–Crippen LogP) is 4.10. The van der Waals surface area contributed by atoms with Crippen LogP contribution in [0.3, 0.4) is 0 Å². The number of rotatable bonds is 6. The number of benzene rings is 2. The molecular weight excluding hydrogens is 347 g/mol. The van der Waals surface area contributed by atoms with Gasteiger partial charge >= 0.3 is 18.0 Å². The molecule has 0 aliphatic rings. The van der Waals surface area contributed by atoms with Crippen LogP contribution >= 0.6 is 11.8 Å². The maximum atomic E-state index is 12.8. The molecule has 0 aromatic heterocycles. The lowest BCUT2D eigenvalue weighted by molar-refractivity contribution is -0.137. The summed E-state index contributed by atoms with van der Waals surface area (Å²) >= 11 is 1.27. The second-order valence-electron chi connectivity index (χ2n) is 4.48. The van der Waals surface area contributed by atoms with E-state index in [9.17, 15) is 22.2 Å². The third kappa shape index (κ3) is 4.60. The summed E-state index contributed by atoms with van der Waals surface area (Å²) in [5.41, 5.74) is 0.0154. The van der Waals surface area contributed by atoms with E-state index in [1.54, 1.807) is 24.3 Å². The molecule has 2 rings (SSSR count). The molecular formula is C15H11F3NO2S2+. The average Bonchev–Trinajstić information content (AvgIpc) is 2.53. The second-order valence-corrected chi connectivity index (χ2v) is 6.02. The van der Waals surface area contributed by atoms with Crippen LogP contribution in [0.4, 0.5) is 13.2 Å². The molecule has 0 amide bonds. The Hall–Kier alpha value is -1.77. The molecule has 8 heteroatoms. The largest absolute Gasteiger partial charge is 0.587 e.